The minimum Gasteiger partial charge on any atom is -0.436 e. The molecule has 0 aliphatic rings. The maximum absolute atomic E-state index is 14.8. The normalized spacial score (nSPS) is 12.0. The molecule has 4 nitrogen and oxygen atoms in total. The van der Waals surface area contributed by atoms with Gasteiger partial charge in [-0.25, -0.2) is 9.97 Å². The van der Waals surface area contributed by atoms with Crippen molar-refractivity contribution in [1.82, 2.24) is 9.97 Å². The second kappa shape index (κ2) is 9.26. The molecule has 0 unspecified atom stereocenters. The maximum atomic E-state index is 14.8. The molecule has 6 aromatic carbocycles. The van der Waals surface area contributed by atoms with E-state index in [1.54, 1.807) is 0 Å². The molecule has 2 heterocycles. The summed E-state index contributed by atoms with van der Waals surface area (Å²) < 4.78 is 20.9. The zero-order chi connectivity index (χ0) is 27.4. The Balaban J connectivity index is 1.23. The van der Waals surface area contributed by atoms with Crippen molar-refractivity contribution in [2.45, 2.75) is 0 Å². The molecule has 0 aliphatic carbocycles. The number of benzene rings is 6. The Bertz CT molecular complexity index is 2250. The van der Waals surface area contributed by atoms with Crippen LogP contribution in [-0.2, 0) is 4.57 Å². The molecule has 0 atom stereocenters. The van der Waals surface area contributed by atoms with E-state index in [9.17, 15) is 4.57 Å². The molecule has 194 valence electrons. The average molecular weight is 547 g/mol. The van der Waals surface area contributed by atoms with E-state index in [0.29, 0.717) is 5.71 Å². The van der Waals surface area contributed by atoms with Crippen LogP contribution in [0.15, 0.2) is 144 Å². The first kappa shape index (κ1) is 23.8. The van der Waals surface area contributed by atoms with Crippen molar-refractivity contribution < 1.29 is 8.98 Å². The van der Waals surface area contributed by atoms with Crippen LogP contribution in [0.25, 0.3) is 55.1 Å². The Hall–Kier alpha value is -5.05. The molecule has 41 heavy (non-hydrogen) atoms. The predicted molar refractivity (Wildman–Crippen MR) is 169 cm³/mol. The van der Waals surface area contributed by atoms with E-state index < -0.39 is 7.14 Å². The molecule has 0 bridgehead atoms. The lowest BCUT2D eigenvalue weighted by Crippen LogP contribution is -2.24. The number of rotatable bonds is 4. The highest BCUT2D eigenvalue weighted by atomic mass is 31.2. The van der Waals surface area contributed by atoms with Crippen molar-refractivity contribution in [3.05, 3.63) is 140 Å². The van der Waals surface area contributed by atoms with Gasteiger partial charge in [-0.05, 0) is 58.3 Å². The smallest absolute Gasteiger partial charge is 0.246 e. The maximum Gasteiger partial charge on any atom is 0.246 e. The van der Waals surface area contributed by atoms with Gasteiger partial charge in [0.2, 0.25) is 5.71 Å². The molecule has 0 saturated heterocycles. The standard InChI is InChI=1S/C36H23N2O2P/c39-41(28-9-3-1-4-10-28,29-11-5-2-6-12-29)30-19-17-25-21-24(15-16-26(25)22-30)27-18-20-34-31(23-27)35-36(40-34)38-33-14-8-7-13-32(33)37-35/h1-23H. The van der Waals surface area contributed by atoms with Crippen molar-refractivity contribution in [3.8, 4) is 11.1 Å². The van der Waals surface area contributed by atoms with Gasteiger partial charge in [0.15, 0.2) is 7.14 Å². The summed E-state index contributed by atoms with van der Waals surface area (Å²) in [6.07, 6.45) is 0. The molecule has 0 amide bonds. The summed E-state index contributed by atoms with van der Waals surface area (Å²) in [6.45, 7) is 0. The second-order valence-electron chi connectivity index (χ2n) is 10.2. The summed E-state index contributed by atoms with van der Waals surface area (Å²) in [4.78, 5) is 9.53. The van der Waals surface area contributed by atoms with Gasteiger partial charge in [0.05, 0.1) is 11.0 Å². The molecular weight excluding hydrogens is 523 g/mol. The Morgan fingerprint density at radius 3 is 1.83 bits per heavy atom. The highest BCUT2D eigenvalue weighted by Crippen LogP contribution is 2.43. The zero-order valence-electron chi connectivity index (χ0n) is 21.9. The van der Waals surface area contributed by atoms with Crippen molar-refractivity contribution in [2.24, 2.45) is 0 Å². The number of hydrogen-bond donors (Lipinski definition) is 0. The molecule has 0 radical (unpaired) electrons. The van der Waals surface area contributed by atoms with Gasteiger partial charge in [-0.15, -0.1) is 0 Å². The monoisotopic (exact) mass is 546 g/mol. The summed E-state index contributed by atoms with van der Waals surface area (Å²) in [7, 11) is -3.04. The molecule has 0 aliphatic heterocycles. The van der Waals surface area contributed by atoms with Gasteiger partial charge in [-0.2, -0.15) is 0 Å². The number of fused-ring (bicyclic) bond motifs is 5. The van der Waals surface area contributed by atoms with Crippen LogP contribution in [-0.4, -0.2) is 9.97 Å². The molecular formula is C36H23N2O2P. The topological polar surface area (TPSA) is 56.0 Å². The van der Waals surface area contributed by atoms with Crippen molar-refractivity contribution in [2.75, 3.05) is 0 Å². The van der Waals surface area contributed by atoms with E-state index >= 15 is 0 Å². The Kier molecular flexibility index (Phi) is 5.38. The van der Waals surface area contributed by atoms with E-state index in [-0.39, 0.29) is 0 Å². The third-order valence-electron chi connectivity index (χ3n) is 7.74. The van der Waals surface area contributed by atoms with Crippen LogP contribution in [0, 0.1) is 0 Å². The van der Waals surface area contributed by atoms with Crippen LogP contribution < -0.4 is 15.9 Å². The summed E-state index contributed by atoms with van der Waals surface area (Å²) in [6, 6.07) is 46.2. The third-order valence-corrected chi connectivity index (χ3v) is 10.8. The van der Waals surface area contributed by atoms with Gasteiger partial charge < -0.3 is 8.98 Å². The van der Waals surface area contributed by atoms with Crippen LogP contribution >= 0.6 is 7.14 Å². The first-order chi connectivity index (χ1) is 20.2. The predicted octanol–water partition coefficient (Wildman–Crippen LogP) is 7.99. The fraction of sp³-hybridized carbons (Fsp3) is 0. The van der Waals surface area contributed by atoms with Crippen LogP contribution in [0.1, 0.15) is 0 Å². The van der Waals surface area contributed by atoms with Gasteiger partial charge in [0, 0.05) is 21.3 Å². The van der Waals surface area contributed by atoms with E-state index in [4.69, 9.17) is 9.40 Å². The van der Waals surface area contributed by atoms with Gasteiger partial charge in [-0.1, -0.05) is 103 Å². The summed E-state index contributed by atoms with van der Waals surface area (Å²) in [5.74, 6) is 0. The molecule has 0 saturated carbocycles. The number of furan rings is 1. The van der Waals surface area contributed by atoms with E-state index in [1.165, 1.54) is 0 Å². The van der Waals surface area contributed by atoms with Crippen LogP contribution in [0.5, 0.6) is 0 Å². The number of para-hydroxylation sites is 2. The summed E-state index contributed by atoms with van der Waals surface area (Å²) >= 11 is 0. The molecule has 2 aromatic heterocycles. The molecule has 0 fully saturated rings. The molecule has 8 rings (SSSR count). The van der Waals surface area contributed by atoms with Crippen LogP contribution in [0.2, 0.25) is 0 Å². The Labute approximate surface area is 236 Å². The Morgan fingerprint density at radius 1 is 0.512 bits per heavy atom. The van der Waals surface area contributed by atoms with E-state index in [1.807, 2.05) is 97.1 Å². The SMILES string of the molecule is O=P(c1ccccc1)(c1ccccc1)c1ccc2cc(-c3ccc4oc5nc6ccccc6nc5c4c3)ccc2c1. The lowest BCUT2D eigenvalue weighted by molar-refractivity contribution is 0.592. The summed E-state index contributed by atoms with van der Waals surface area (Å²) in [5, 5.41) is 5.56. The van der Waals surface area contributed by atoms with Gasteiger partial charge >= 0.3 is 0 Å². The summed E-state index contributed by atoms with van der Waals surface area (Å²) in [5.41, 5.74) is 5.90. The molecule has 5 heteroatoms. The Morgan fingerprint density at radius 2 is 1.10 bits per heavy atom. The number of hydrogen-bond acceptors (Lipinski definition) is 4. The van der Waals surface area contributed by atoms with Gasteiger partial charge in [0.25, 0.3) is 0 Å². The van der Waals surface area contributed by atoms with E-state index in [2.05, 4.69) is 47.4 Å². The largest absolute Gasteiger partial charge is 0.436 e. The first-order valence-corrected chi connectivity index (χ1v) is 15.2. The molecule has 8 aromatic rings. The number of nitrogens with zero attached hydrogens (tertiary/aromatic N) is 2. The van der Waals surface area contributed by atoms with Crippen LogP contribution in [0.3, 0.4) is 0 Å². The van der Waals surface area contributed by atoms with Crippen molar-refractivity contribution in [3.63, 3.8) is 0 Å². The third kappa shape index (κ3) is 3.88. The fourth-order valence-electron chi connectivity index (χ4n) is 5.65. The zero-order valence-corrected chi connectivity index (χ0v) is 22.8. The first-order valence-electron chi connectivity index (χ1n) is 13.5. The molecule has 0 N–H and O–H groups in total. The number of aromatic nitrogens is 2. The van der Waals surface area contributed by atoms with Gasteiger partial charge in [0.1, 0.15) is 11.1 Å². The second-order valence-corrected chi connectivity index (χ2v) is 13.0. The van der Waals surface area contributed by atoms with Crippen LogP contribution in [0.4, 0.5) is 0 Å². The highest BCUT2D eigenvalue weighted by molar-refractivity contribution is 7.85. The van der Waals surface area contributed by atoms with Crippen molar-refractivity contribution in [1.29, 1.82) is 0 Å². The minimum absolute atomic E-state index is 0.545. The fourth-order valence-corrected chi connectivity index (χ4v) is 8.33. The average Bonchev–Trinajstić information content (AvgIpc) is 3.40. The minimum atomic E-state index is -3.04. The quantitative estimate of drug-likeness (QED) is 0.210. The lowest BCUT2D eigenvalue weighted by atomic mass is 10.0. The van der Waals surface area contributed by atoms with Gasteiger partial charge in [-0.3, -0.25) is 0 Å². The highest BCUT2D eigenvalue weighted by Gasteiger charge is 2.29. The molecule has 0 spiro atoms. The van der Waals surface area contributed by atoms with Crippen molar-refractivity contribution >= 4 is 67.1 Å². The van der Waals surface area contributed by atoms with E-state index in [0.717, 1.165) is 65.3 Å². The lowest BCUT2D eigenvalue weighted by Gasteiger charge is -2.20.